The molecule has 21 heavy (non-hydrogen) atoms. The van der Waals surface area contributed by atoms with Crippen LogP contribution in [-0.4, -0.2) is 9.97 Å². The summed E-state index contributed by atoms with van der Waals surface area (Å²) in [4.78, 5) is 9.45. The number of aryl methyl sites for hydroxylation is 1. The molecule has 2 aromatic heterocycles. The van der Waals surface area contributed by atoms with Crippen molar-refractivity contribution in [3.05, 3.63) is 65.2 Å². The SMILES string of the molecule is Cc1cccc(NCc2cnc(-c3ccncc3)s2)c1F. The Balaban J connectivity index is 1.72. The number of rotatable bonds is 4. The number of nitrogens with zero attached hydrogens (tertiary/aromatic N) is 2. The average molecular weight is 299 g/mol. The van der Waals surface area contributed by atoms with Crippen LogP contribution in [0.3, 0.4) is 0 Å². The molecule has 1 aromatic carbocycles. The molecule has 0 aliphatic carbocycles. The van der Waals surface area contributed by atoms with E-state index >= 15 is 0 Å². The maximum absolute atomic E-state index is 13.9. The Labute approximate surface area is 126 Å². The van der Waals surface area contributed by atoms with Gasteiger partial charge in [0.15, 0.2) is 0 Å². The molecule has 0 radical (unpaired) electrons. The zero-order valence-corrected chi connectivity index (χ0v) is 12.3. The number of pyridine rings is 1. The Hall–Kier alpha value is -2.27. The van der Waals surface area contributed by atoms with Crippen LogP contribution < -0.4 is 5.32 Å². The van der Waals surface area contributed by atoms with Crippen LogP contribution in [0.15, 0.2) is 48.9 Å². The van der Waals surface area contributed by atoms with Gasteiger partial charge < -0.3 is 5.32 Å². The lowest BCUT2D eigenvalue weighted by Gasteiger charge is -2.07. The average Bonchev–Trinajstić information content (AvgIpc) is 2.99. The molecule has 0 fully saturated rings. The van der Waals surface area contributed by atoms with Gasteiger partial charge in [-0.3, -0.25) is 4.98 Å². The number of hydrogen-bond donors (Lipinski definition) is 1. The maximum Gasteiger partial charge on any atom is 0.149 e. The smallest absolute Gasteiger partial charge is 0.149 e. The Kier molecular flexibility index (Phi) is 3.92. The van der Waals surface area contributed by atoms with E-state index in [1.807, 2.05) is 24.4 Å². The van der Waals surface area contributed by atoms with Gasteiger partial charge in [-0.1, -0.05) is 12.1 Å². The number of thiazole rings is 1. The van der Waals surface area contributed by atoms with Gasteiger partial charge in [0.05, 0.1) is 12.2 Å². The first-order chi connectivity index (χ1) is 10.2. The van der Waals surface area contributed by atoms with Gasteiger partial charge in [-0.25, -0.2) is 9.37 Å². The quantitative estimate of drug-likeness (QED) is 0.782. The fourth-order valence-corrected chi connectivity index (χ4v) is 2.84. The van der Waals surface area contributed by atoms with Crippen LogP contribution >= 0.6 is 11.3 Å². The van der Waals surface area contributed by atoms with E-state index in [-0.39, 0.29) is 5.82 Å². The first-order valence-corrected chi connectivity index (χ1v) is 7.40. The molecule has 0 bridgehead atoms. The molecule has 106 valence electrons. The van der Waals surface area contributed by atoms with Gasteiger partial charge in [-0.05, 0) is 30.7 Å². The summed E-state index contributed by atoms with van der Waals surface area (Å²) < 4.78 is 13.9. The van der Waals surface area contributed by atoms with Gasteiger partial charge in [-0.15, -0.1) is 11.3 Å². The number of nitrogens with one attached hydrogen (secondary N) is 1. The predicted octanol–water partition coefficient (Wildman–Crippen LogP) is 4.26. The lowest BCUT2D eigenvalue weighted by Crippen LogP contribution is -2.00. The molecule has 3 aromatic rings. The van der Waals surface area contributed by atoms with Crippen molar-refractivity contribution in [2.75, 3.05) is 5.32 Å². The predicted molar refractivity (Wildman–Crippen MR) is 83.8 cm³/mol. The number of benzene rings is 1. The second kappa shape index (κ2) is 6.01. The van der Waals surface area contributed by atoms with Crippen LogP contribution in [0.5, 0.6) is 0 Å². The highest BCUT2D eigenvalue weighted by Gasteiger charge is 2.07. The van der Waals surface area contributed by atoms with Crippen molar-refractivity contribution in [2.45, 2.75) is 13.5 Å². The fourth-order valence-electron chi connectivity index (χ4n) is 1.98. The zero-order chi connectivity index (χ0) is 14.7. The molecule has 0 amide bonds. The van der Waals surface area contributed by atoms with Crippen LogP contribution in [0.25, 0.3) is 10.6 Å². The molecule has 0 aliphatic rings. The first-order valence-electron chi connectivity index (χ1n) is 6.58. The molecule has 3 rings (SSSR count). The molecular weight excluding hydrogens is 285 g/mol. The first kappa shape index (κ1) is 13.7. The normalized spacial score (nSPS) is 10.6. The summed E-state index contributed by atoms with van der Waals surface area (Å²) in [7, 11) is 0. The topological polar surface area (TPSA) is 37.8 Å². The fraction of sp³-hybridized carbons (Fsp3) is 0.125. The van der Waals surface area contributed by atoms with Crippen LogP contribution in [0.4, 0.5) is 10.1 Å². The van der Waals surface area contributed by atoms with Crippen molar-refractivity contribution in [3.8, 4) is 10.6 Å². The van der Waals surface area contributed by atoms with Crippen LogP contribution in [-0.2, 0) is 6.54 Å². The van der Waals surface area contributed by atoms with Crippen molar-refractivity contribution in [2.24, 2.45) is 0 Å². The Morgan fingerprint density at radius 3 is 2.81 bits per heavy atom. The zero-order valence-electron chi connectivity index (χ0n) is 11.5. The molecule has 1 N–H and O–H groups in total. The molecule has 5 heteroatoms. The number of halogens is 1. The third-order valence-electron chi connectivity index (χ3n) is 3.13. The van der Waals surface area contributed by atoms with Gasteiger partial charge >= 0.3 is 0 Å². The van der Waals surface area contributed by atoms with Crippen molar-refractivity contribution in [1.82, 2.24) is 9.97 Å². The van der Waals surface area contributed by atoms with Gasteiger partial charge in [0.25, 0.3) is 0 Å². The third-order valence-corrected chi connectivity index (χ3v) is 4.17. The minimum atomic E-state index is -0.198. The Bertz CT molecular complexity index is 740. The molecular formula is C16H14FN3S. The molecule has 2 heterocycles. The third kappa shape index (κ3) is 3.08. The lowest BCUT2D eigenvalue weighted by molar-refractivity contribution is 0.621. The molecule has 0 atom stereocenters. The molecule has 0 saturated heterocycles. The van der Waals surface area contributed by atoms with E-state index in [4.69, 9.17) is 0 Å². The minimum absolute atomic E-state index is 0.198. The summed E-state index contributed by atoms with van der Waals surface area (Å²) >= 11 is 1.59. The Morgan fingerprint density at radius 1 is 1.19 bits per heavy atom. The summed E-state index contributed by atoms with van der Waals surface area (Å²) in [6.07, 6.45) is 5.31. The Morgan fingerprint density at radius 2 is 2.00 bits per heavy atom. The highest BCUT2D eigenvalue weighted by atomic mass is 32.1. The molecule has 0 spiro atoms. The van der Waals surface area contributed by atoms with E-state index in [1.54, 1.807) is 42.8 Å². The van der Waals surface area contributed by atoms with E-state index in [0.29, 0.717) is 17.8 Å². The van der Waals surface area contributed by atoms with Crippen molar-refractivity contribution < 1.29 is 4.39 Å². The standard InChI is InChI=1S/C16H14FN3S/c1-11-3-2-4-14(15(11)17)19-9-13-10-20-16(21-13)12-5-7-18-8-6-12/h2-8,10,19H,9H2,1H3. The van der Waals surface area contributed by atoms with E-state index in [2.05, 4.69) is 15.3 Å². The van der Waals surface area contributed by atoms with Gasteiger partial charge in [0.2, 0.25) is 0 Å². The maximum atomic E-state index is 13.9. The van der Waals surface area contributed by atoms with E-state index in [1.165, 1.54) is 0 Å². The summed E-state index contributed by atoms with van der Waals surface area (Å²) in [6, 6.07) is 9.20. The highest BCUT2D eigenvalue weighted by molar-refractivity contribution is 7.15. The monoisotopic (exact) mass is 299 g/mol. The summed E-state index contributed by atoms with van der Waals surface area (Å²) in [6.45, 7) is 2.32. The number of anilines is 1. The second-order valence-electron chi connectivity index (χ2n) is 4.66. The van der Waals surface area contributed by atoms with Crippen molar-refractivity contribution in [3.63, 3.8) is 0 Å². The van der Waals surface area contributed by atoms with Gasteiger partial charge in [0, 0.05) is 29.0 Å². The van der Waals surface area contributed by atoms with Crippen LogP contribution in [0.2, 0.25) is 0 Å². The highest BCUT2D eigenvalue weighted by Crippen LogP contribution is 2.25. The summed E-state index contributed by atoms with van der Waals surface area (Å²) in [5, 5.41) is 4.06. The van der Waals surface area contributed by atoms with Crippen molar-refractivity contribution in [1.29, 1.82) is 0 Å². The number of hydrogen-bond acceptors (Lipinski definition) is 4. The lowest BCUT2D eigenvalue weighted by atomic mass is 10.2. The van der Waals surface area contributed by atoms with Crippen molar-refractivity contribution >= 4 is 17.0 Å². The number of aromatic nitrogens is 2. The summed E-state index contributed by atoms with van der Waals surface area (Å²) in [5.41, 5.74) is 2.21. The van der Waals surface area contributed by atoms with Gasteiger partial charge in [0.1, 0.15) is 10.8 Å². The largest absolute Gasteiger partial charge is 0.378 e. The molecule has 0 unspecified atom stereocenters. The molecule has 0 aliphatic heterocycles. The molecule has 3 nitrogen and oxygen atoms in total. The van der Waals surface area contributed by atoms with E-state index in [9.17, 15) is 4.39 Å². The van der Waals surface area contributed by atoms with E-state index < -0.39 is 0 Å². The van der Waals surface area contributed by atoms with Crippen LogP contribution in [0, 0.1) is 12.7 Å². The summed E-state index contributed by atoms with van der Waals surface area (Å²) in [5.74, 6) is -0.198. The van der Waals surface area contributed by atoms with E-state index in [0.717, 1.165) is 15.4 Å². The molecule has 0 saturated carbocycles. The second-order valence-corrected chi connectivity index (χ2v) is 5.77. The van der Waals surface area contributed by atoms with Gasteiger partial charge in [-0.2, -0.15) is 0 Å². The minimum Gasteiger partial charge on any atom is -0.378 e. The van der Waals surface area contributed by atoms with Crippen LogP contribution in [0.1, 0.15) is 10.4 Å².